The topological polar surface area (TPSA) is 157 Å². The van der Waals surface area contributed by atoms with E-state index in [4.69, 9.17) is 16.2 Å². The summed E-state index contributed by atoms with van der Waals surface area (Å²) in [7, 11) is 0. The van der Waals surface area contributed by atoms with Crippen molar-refractivity contribution in [3.05, 3.63) is 29.3 Å². The fourth-order valence-electron chi connectivity index (χ4n) is 2.61. The number of benzene rings is 1. The Labute approximate surface area is 164 Å². The molecule has 156 valence electrons. The van der Waals surface area contributed by atoms with Crippen molar-refractivity contribution in [3.8, 4) is 0 Å². The highest BCUT2D eigenvalue weighted by molar-refractivity contribution is 5.97. The molecule has 0 aliphatic heterocycles. The van der Waals surface area contributed by atoms with Gasteiger partial charge in [0.15, 0.2) is 6.10 Å². The number of aryl methyl sites for hydroxylation is 1. The van der Waals surface area contributed by atoms with Crippen molar-refractivity contribution in [1.29, 1.82) is 0 Å². The average molecular weight is 394 g/mol. The number of carbonyl (C=O) groups is 3. The number of nitrogens with two attached hydrogens (primary N) is 2. The van der Waals surface area contributed by atoms with E-state index in [1.807, 2.05) is 0 Å². The zero-order valence-electron chi connectivity index (χ0n) is 16.5. The molecule has 2 unspecified atom stereocenters. The lowest BCUT2D eigenvalue weighted by Crippen LogP contribution is -2.49. The van der Waals surface area contributed by atoms with Crippen molar-refractivity contribution < 1.29 is 24.2 Å². The molecular weight excluding hydrogens is 364 g/mol. The molecule has 0 aliphatic carbocycles. The van der Waals surface area contributed by atoms with Gasteiger partial charge in [-0.15, -0.1) is 0 Å². The van der Waals surface area contributed by atoms with Crippen LogP contribution in [0, 0.1) is 5.92 Å². The maximum Gasteiger partial charge on any atom is 0.405 e. The molecule has 1 aromatic carbocycles. The van der Waals surface area contributed by atoms with Gasteiger partial charge in [0.05, 0.1) is 6.61 Å². The number of primary amides is 1. The third-order valence-corrected chi connectivity index (χ3v) is 4.15. The highest BCUT2D eigenvalue weighted by Gasteiger charge is 2.28. The number of aliphatic hydroxyl groups is 1. The largest absolute Gasteiger partial charge is 0.436 e. The first-order chi connectivity index (χ1) is 13.2. The first-order valence-electron chi connectivity index (χ1n) is 9.19. The SMILES string of the molecule is CC(NC(=O)C(OC(N)=O)C(C)C)C(=O)Nc1ccc(CO)c(CCCN)c1. The Hall–Kier alpha value is -2.65. The van der Waals surface area contributed by atoms with Gasteiger partial charge in [-0.2, -0.15) is 0 Å². The molecular formula is C19H30N4O5. The van der Waals surface area contributed by atoms with Crippen LogP contribution in [-0.4, -0.2) is 41.7 Å². The van der Waals surface area contributed by atoms with Crippen molar-refractivity contribution in [2.75, 3.05) is 11.9 Å². The van der Waals surface area contributed by atoms with Crippen molar-refractivity contribution in [2.24, 2.45) is 17.4 Å². The summed E-state index contributed by atoms with van der Waals surface area (Å²) in [6, 6.07) is 4.33. The molecule has 7 N–H and O–H groups in total. The van der Waals surface area contributed by atoms with Crippen LogP contribution in [0.1, 0.15) is 38.3 Å². The van der Waals surface area contributed by atoms with Gasteiger partial charge in [-0.1, -0.05) is 19.9 Å². The molecule has 0 saturated carbocycles. The summed E-state index contributed by atoms with van der Waals surface area (Å²) in [5, 5.41) is 14.7. The number of hydrogen-bond acceptors (Lipinski definition) is 6. The Kier molecular flexibility index (Phi) is 9.40. The van der Waals surface area contributed by atoms with Gasteiger partial charge in [0.1, 0.15) is 6.04 Å². The van der Waals surface area contributed by atoms with Gasteiger partial charge in [0.2, 0.25) is 5.91 Å². The van der Waals surface area contributed by atoms with Crippen LogP contribution in [0.5, 0.6) is 0 Å². The Morgan fingerprint density at radius 3 is 2.36 bits per heavy atom. The highest BCUT2D eigenvalue weighted by atomic mass is 16.6. The summed E-state index contributed by atoms with van der Waals surface area (Å²) < 4.78 is 4.81. The van der Waals surface area contributed by atoms with Gasteiger partial charge in [-0.3, -0.25) is 9.59 Å². The predicted molar refractivity (Wildman–Crippen MR) is 105 cm³/mol. The van der Waals surface area contributed by atoms with Gasteiger partial charge in [0.25, 0.3) is 5.91 Å². The second kappa shape index (κ2) is 11.3. The van der Waals surface area contributed by atoms with Crippen LogP contribution in [0.3, 0.4) is 0 Å². The first kappa shape index (κ1) is 23.4. The maximum absolute atomic E-state index is 12.4. The van der Waals surface area contributed by atoms with E-state index in [0.717, 1.165) is 17.5 Å². The molecule has 9 nitrogen and oxygen atoms in total. The van der Waals surface area contributed by atoms with Crippen LogP contribution in [0.15, 0.2) is 18.2 Å². The second-order valence-corrected chi connectivity index (χ2v) is 6.85. The normalized spacial score (nSPS) is 12.9. The second-order valence-electron chi connectivity index (χ2n) is 6.85. The smallest absolute Gasteiger partial charge is 0.405 e. The summed E-state index contributed by atoms with van der Waals surface area (Å²) in [5.41, 5.74) is 12.7. The molecule has 2 atom stereocenters. The monoisotopic (exact) mass is 394 g/mol. The van der Waals surface area contributed by atoms with Crippen LogP contribution in [0.25, 0.3) is 0 Å². The minimum Gasteiger partial charge on any atom is -0.436 e. The Morgan fingerprint density at radius 1 is 1.14 bits per heavy atom. The van der Waals surface area contributed by atoms with Crippen molar-refractivity contribution >= 4 is 23.6 Å². The third-order valence-electron chi connectivity index (χ3n) is 4.15. The molecule has 0 heterocycles. The summed E-state index contributed by atoms with van der Waals surface area (Å²) in [6.45, 7) is 5.34. The molecule has 0 bridgehead atoms. The van der Waals surface area contributed by atoms with E-state index < -0.39 is 30.1 Å². The van der Waals surface area contributed by atoms with Crippen LogP contribution >= 0.6 is 0 Å². The van der Waals surface area contributed by atoms with Crippen LogP contribution < -0.4 is 22.1 Å². The van der Waals surface area contributed by atoms with E-state index in [2.05, 4.69) is 10.6 Å². The number of nitrogens with one attached hydrogen (secondary N) is 2. The summed E-state index contributed by atoms with van der Waals surface area (Å²) in [5.74, 6) is -1.34. The lowest BCUT2D eigenvalue weighted by atomic mass is 10.0. The number of carbonyl (C=O) groups excluding carboxylic acids is 3. The lowest BCUT2D eigenvalue weighted by Gasteiger charge is -2.22. The van der Waals surface area contributed by atoms with E-state index >= 15 is 0 Å². The van der Waals surface area contributed by atoms with E-state index in [9.17, 15) is 19.5 Å². The van der Waals surface area contributed by atoms with Crippen molar-refractivity contribution in [2.45, 2.75) is 52.4 Å². The number of amides is 3. The molecule has 0 saturated heterocycles. The van der Waals surface area contributed by atoms with Crippen LogP contribution in [0.4, 0.5) is 10.5 Å². The molecule has 1 rings (SSSR count). The summed E-state index contributed by atoms with van der Waals surface area (Å²) >= 11 is 0. The molecule has 1 aromatic rings. The predicted octanol–water partition coefficient (Wildman–Crippen LogP) is 0.633. The third kappa shape index (κ3) is 7.16. The molecule has 0 fully saturated rings. The number of anilines is 1. The number of ether oxygens (including phenoxy) is 1. The average Bonchev–Trinajstić information content (AvgIpc) is 2.63. The fraction of sp³-hybridized carbons (Fsp3) is 0.526. The molecule has 0 spiro atoms. The number of hydrogen-bond donors (Lipinski definition) is 5. The van der Waals surface area contributed by atoms with E-state index in [1.54, 1.807) is 32.0 Å². The Balaban J connectivity index is 2.78. The molecule has 3 amide bonds. The van der Waals surface area contributed by atoms with E-state index in [0.29, 0.717) is 18.7 Å². The molecule has 0 aromatic heterocycles. The van der Waals surface area contributed by atoms with Gasteiger partial charge in [-0.05, 0) is 55.5 Å². The molecule has 9 heteroatoms. The minimum atomic E-state index is -1.08. The van der Waals surface area contributed by atoms with Gasteiger partial charge < -0.3 is 31.9 Å². The van der Waals surface area contributed by atoms with Crippen LogP contribution in [-0.2, 0) is 27.4 Å². The summed E-state index contributed by atoms with van der Waals surface area (Å²) in [4.78, 5) is 35.6. The molecule has 0 radical (unpaired) electrons. The van der Waals surface area contributed by atoms with Gasteiger partial charge >= 0.3 is 6.09 Å². The van der Waals surface area contributed by atoms with E-state index in [1.165, 1.54) is 6.92 Å². The highest BCUT2D eigenvalue weighted by Crippen LogP contribution is 2.18. The zero-order chi connectivity index (χ0) is 21.3. The van der Waals surface area contributed by atoms with Crippen molar-refractivity contribution in [3.63, 3.8) is 0 Å². The van der Waals surface area contributed by atoms with Crippen molar-refractivity contribution in [1.82, 2.24) is 5.32 Å². The Morgan fingerprint density at radius 2 is 1.82 bits per heavy atom. The van der Waals surface area contributed by atoms with Gasteiger partial charge in [-0.25, -0.2) is 4.79 Å². The Bertz CT molecular complexity index is 693. The van der Waals surface area contributed by atoms with E-state index in [-0.39, 0.29) is 12.5 Å². The number of rotatable bonds is 10. The minimum absolute atomic E-state index is 0.100. The molecule has 0 aliphatic rings. The fourth-order valence-corrected chi connectivity index (χ4v) is 2.61. The maximum atomic E-state index is 12.4. The zero-order valence-corrected chi connectivity index (χ0v) is 16.5. The quantitative estimate of drug-likeness (QED) is 0.392. The van der Waals surface area contributed by atoms with Gasteiger partial charge in [0, 0.05) is 5.69 Å². The lowest BCUT2D eigenvalue weighted by molar-refractivity contribution is -0.134. The summed E-state index contributed by atoms with van der Waals surface area (Å²) in [6.07, 6.45) is -0.699. The number of aliphatic hydroxyl groups excluding tert-OH is 1. The first-order valence-corrected chi connectivity index (χ1v) is 9.19. The molecule has 28 heavy (non-hydrogen) atoms. The van der Waals surface area contributed by atoms with Crippen LogP contribution in [0.2, 0.25) is 0 Å². The standard InChI is InChI=1S/C19H30N4O5/c1-11(2)16(28-19(21)27)18(26)22-12(3)17(25)23-15-7-6-14(10-24)13(9-15)5-4-8-20/h6-7,9,11-12,16,24H,4-5,8,10,20H2,1-3H3,(H2,21,27)(H,22,26)(H,23,25).